The zero-order valence-electron chi connectivity index (χ0n) is 11.1. The van der Waals surface area contributed by atoms with Gasteiger partial charge in [-0.1, -0.05) is 0 Å². The Hall–Kier alpha value is -0.810. The lowest BCUT2D eigenvalue weighted by atomic mass is 10.1. The zero-order valence-corrected chi connectivity index (χ0v) is 10.8. The monoisotopic (exact) mass is 253 g/mol. The van der Waals surface area contributed by atoms with Crippen LogP contribution in [0.3, 0.4) is 0 Å². The van der Waals surface area contributed by atoms with Gasteiger partial charge in [0.1, 0.15) is 11.6 Å². The number of carbonyl (C=O) groups excluding carboxylic acids is 2. The van der Waals surface area contributed by atoms with E-state index >= 15 is 0 Å². The molecule has 0 fully saturated rings. The second kappa shape index (κ2) is 7.46. The van der Waals surface area contributed by atoms with E-state index in [-0.39, 0.29) is 32.6 Å². The molecule has 0 aromatic carbocycles. The van der Waals surface area contributed by atoms with E-state index in [0.717, 1.165) is 0 Å². The first-order valence-electron chi connectivity index (χ1n) is 4.81. The second-order valence-corrected chi connectivity index (χ2v) is 4.25. The summed E-state index contributed by atoms with van der Waals surface area (Å²) >= 11 is 0. The van der Waals surface area contributed by atoms with Crippen LogP contribution in [-0.4, -0.2) is 30.7 Å². The third kappa shape index (κ3) is 8.49. The van der Waals surface area contributed by atoms with Crippen molar-refractivity contribution in [3.8, 4) is 0 Å². The third-order valence-corrected chi connectivity index (χ3v) is 1.58. The van der Waals surface area contributed by atoms with Gasteiger partial charge in [-0.2, -0.15) is 0 Å². The summed E-state index contributed by atoms with van der Waals surface area (Å²) in [5.74, 6) is -0.875. The van der Waals surface area contributed by atoms with Crippen LogP contribution >= 0.6 is 0 Å². The van der Waals surface area contributed by atoms with Crippen molar-refractivity contribution in [2.24, 2.45) is 5.73 Å². The zero-order chi connectivity index (χ0) is 12.1. The molecule has 0 aliphatic rings. The number of nitrogens with two attached hydrogens (primary N) is 1. The van der Waals surface area contributed by atoms with Gasteiger partial charge in [0.2, 0.25) is 0 Å². The fourth-order valence-electron chi connectivity index (χ4n) is 0.935. The Morgan fingerprint density at radius 1 is 1.38 bits per heavy atom. The normalized spacial score (nSPS) is 12.3. The molecule has 0 amide bonds. The van der Waals surface area contributed by atoms with Crippen LogP contribution < -0.4 is 18.1 Å². The van der Waals surface area contributed by atoms with Gasteiger partial charge < -0.3 is 27.6 Å². The number of halogens is 1. The van der Waals surface area contributed by atoms with Gasteiger partial charge in [0.05, 0.1) is 7.11 Å². The predicted octanol–water partition coefficient (Wildman–Crippen LogP) is -2.27. The quantitative estimate of drug-likeness (QED) is 0.572. The van der Waals surface area contributed by atoms with Crippen molar-refractivity contribution in [2.45, 2.75) is 45.3 Å². The minimum Gasteiger partial charge on any atom is -1.00 e. The number of hydrogen-bond donors (Lipinski definition) is 1. The minimum absolute atomic E-state index is 0. The Kier molecular flexibility index (Phi) is 8.20. The molecule has 0 rings (SSSR count). The largest absolute Gasteiger partial charge is 1.00 e. The maximum Gasteiger partial charge on any atom is 1.00 e. The van der Waals surface area contributed by atoms with E-state index in [1.807, 2.05) is 0 Å². The Bertz CT molecular complexity index is 243. The molecule has 16 heavy (non-hydrogen) atoms. The minimum atomic E-state index is -0.762. The lowest BCUT2D eigenvalue weighted by molar-refractivity contribution is -0.155. The molecule has 0 saturated carbocycles. The highest BCUT2D eigenvalue weighted by Crippen LogP contribution is 2.09. The smallest absolute Gasteiger partial charge is 1.00 e. The highest BCUT2D eigenvalue weighted by molar-refractivity contribution is 5.77. The molecule has 0 saturated heterocycles. The summed E-state index contributed by atoms with van der Waals surface area (Å²) in [4.78, 5) is 22.2. The van der Waals surface area contributed by atoms with Gasteiger partial charge >= 0.3 is 13.4 Å². The summed E-state index contributed by atoms with van der Waals surface area (Å²) in [6.45, 7) is 5.35. The SMILES string of the molecule is COC(=O)C(N)CCC(=O)OC(C)(C)C.[Cl-].[H+]. The number of ether oxygens (including phenoxy) is 2. The fraction of sp³-hybridized carbons (Fsp3) is 0.800. The molecule has 6 heteroatoms. The predicted molar refractivity (Wildman–Crippen MR) is 56.2 cm³/mol. The molecule has 0 bridgehead atoms. The van der Waals surface area contributed by atoms with Crippen LogP contribution in [0.2, 0.25) is 0 Å². The maximum absolute atomic E-state index is 11.2. The highest BCUT2D eigenvalue weighted by Gasteiger charge is 2.19. The van der Waals surface area contributed by atoms with Crippen LogP contribution in [-0.2, 0) is 19.1 Å². The van der Waals surface area contributed by atoms with Crippen LogP contribution in [0.1, 0.15) is 35.0 Å². The number of carbonyl (C=O) groups is 2. The molecule has 0 aromatic rings. The molecular formula is C10H20ClNO4. The van der Waals surface area contributed by atoms with Crippen molar-refractivity contribution >= 4 is 11.9 Å². The molecule has 0 aliphatic carbocycles. The van der Waals surface area contributed by atoms with Crippen LogP contribution in [0.25, 0.3) is 0 Å². The van der Waals surface area contributed by atoms with Crippen molar-refractivity contribution < 1.29 is 32.9 Å². The van der Waals surface area contributed by atoms with Crippen molar-refractivity contribution in [3.05, 3.63) is 0 Å². The summed E-state index contributed by atoms with van der Waals surface area (Å²) in [6, 6.07) is -0.762. The van der Waals surface area contributed by atoms with Crippen LogP contribution in [0.15, 0.2) is 0 Å². The number of esters is 2. The summed E-state index contributed by atoms with van der Waals surface area (Å²) < 4.78 is 9.48. The van der Waals surface area contributed by atoms with Crippen LogP contribution in [0.5, 0.6) is 0 Å². The van der Waals surface area contributed by atoms with Crippen LogP contribution in [0.4, 0.5) is 0 Å². The van der Waals surface area contributed by atoms with Gasteiger partial charge in [0.25, 0.3) is 0 Å². The first-order valence-corrected chi connectivity index (χ1v) is 4.81. The molecule has 0 spiro atoms. The van der Waals surface area contributed by atoms with Crippen molar-refractivity contribution in [1.29, 1.82) is 0 Å². The van der Waals surface area contributed by atoms with Crippen LogP contribution in [0, 0.1) is 0 Å². The first-order chi connectivity index (χ1) is 6.76. The lowest BCUT2D eigenvalue weighted by Crippen LogP contribution is -3.00. The molecule has 1 unspecified atom stereocenters. The average molecular weight is 254 g/mol. The Balaban J connectivity index is -0.000000980. The third-order valence-electron chi connectivity index (χ3n) is 1.58. The Morgan fingerprint density at radius 2 is 1.88 bits per heavy atom. The van der Waals surface area contributed by atoms with E-state index in [2.05, 4.69) is 4.74 Å². The Morgan fingerprint density at radius 3 is 2.25 bits per heavy atom. The van der Waals surface area contributed by atoms with E-state index in [1.165, 1.54) is 7.11 Å². The standard InChI is InChI=1S/C10H19NO4.ClH/c1-10(2,3)15-8(12)6-5-7(11)9(13)14-4;/h7H,5-6,11H2,1-4H3;1H. The van der Waals surface area contributed by atoms with Gasteiger partial charge in [0.15, 0.2) is 0 Å². The van der Waals surface area contributed by atoms with E-state index in [1.54, 1.807) is 20.8 Å². The number of methoxy groups -OCH3 is 1. The lowest BCUT2D eigenvalue weighted by Gasteiger charge is -2.19. The highest BCUT2D eigenvalue weighted by atomic mass is 35.5. The summed E-state index contributed by atoms with van der Waals surface area (Å²) in [6.07, 6.45) is 0.356. The van der Waals surface area contributed by atoms with Gasteiger partial charge in [0, 0.05) is 6.42 Å². The molecule has 0 aromatic heterocycles. The summed E-state index contributed by atoms with van der Waals surface area (Å²) in [7, 11) is 1.26. The summed E-state index contributed by atoms with van der Waals surface area (Å²) in [5.41, 5.74) is 4.95. The van der Waals surface area contributed by atoms with Crippen molar-refractivity contribution in [1.82, 2.24) is 0 Å². The average Bonchev–Trinajstić information content (AvgIpc) is 2.10. The molecular weight excluding hydrogens is 234 g/mol. The molecule has 1 atom stereocenters. The number of hydrogen-bond acceptors (Lipinski definition) is 5. The van der Waals surface area contributed by atoms with E-state index < -0.39 is 17.6 Å². The van der Waals surface area contributed by atoms with Gasteiger partial charge in [-0.15, -0.1) is 0 Å². The summed E-state index contributed by atoms with van der Waals surface area (Å²) in [5, 5.41) is 0. The van der Waals surface area contributed by atoms with Gasteiger partial charge in [-0.3, -0.25) is 9.59 Å². The van der Waals surface area contributed by atoms with E-state index in [0.29, 0.717) is 0 Å². The first kappa shape index (κ1) is 17.6. The van der Waals surface area contributed by atoms with Gasteiger partial charge in [-0.25, -0.2) is 0 Å². The maximum atomic E-state index is 11.2. The molecule has 96 valence electrons. The number of rotatable bonds is 4. The van der Waals surface area contributed by atoms with Crippen molar-refractivity contribution in [2.75, 3.05) is 7.11 Å². The van der Waals surface area contributed by atoms with E-state index in [4.69, 9.17) is 10.5 Å². The molecule has 0 heterocycles. The van der Waals surface area contributed by atoms with Gasteiger partial charge in [-0.05, 0) is 27.2 Å². The van der Waals surface area contributed by atoms with E-state index in [9.17, 15) is 9.59 Å². The molecule has 0 radical (unpaired) electrons. The molecule has 2 N–H and O–H groups in total. The van der Waals surface area contributed by atoms with Crippen molar-refractivity contribution in [3.63, 3.8) is 0 Å². The molecule has 0 aliphatic heterocycles. The molecule has 5 nitrogen and oxygen atoms in total. The second-order valence-electron chi connectivity index (χ2n) is 4.25. The Labute approximate surface area is 104 Å². The topological polar surface area (TPSA) is 78.6 Å². The fourth-order valence-corrected chi connectivity index (χ4v) is 0.935.